The van der Waals surface area contributed by atoms with Gasteiger partial charge in [-0.1, -0.05) is 217 Å². The van der Waals surface area contributed by atoms with E-state index in [2.05, 4.69) is 62.5 Å². The van der Waals surface area contributed by atoms with Crippen LogP contribution in [0.2, 0.25) is 0 Å². The van der Waals surface area contributed by atoms with Crippen LogP contribution >= 0.6 is 0 Å². The molecule has 6 nitrogen and oxygen atoms in total. The van der Waals surface area contributed by atoms with Crippen LogP contribution in [-0.4, -0.2) is 46.9 Å². The maximum atomic E-state index is 13.2. The minimum atomic E-state index is -0.798. The molecule has 0 aromatic heterocycles. The fourth-order valence-corrected chi connectivity index (χ4v) is 7.60. The first-order chi connectivity index (χ1) is 29.0. The van der Waals surface area contributed by atoms with Crippen molar-refractivity contribution in [2.75, 3.05) is 6.61 Å². The summed E-state index contributed by atoms with van der Waals surface area (Å²) in [5.41, 5.74) is 0. The number of carbonyl (C=O) groups excluding carboxylic acids is 2. The molecule has 0 aliphatic heterocycles. The summed E-state index contributed by atoms with van der Waals surface area (Å²) >= 11 is 0. The zero-order chi connectivity index (χ0) is 43.1. The summed E-state index contributed by atoms with van der Waals surface area (Å²) in [5, 5.41) is 23.7. The van der Waals surface area contributed by atoms with E-state index in [0.29, 0.717) is 19.3 Å². The van der Waals surface area contributed by atoms with Crippen LogP contribution < -0.4 is 5.32 Å². The van der Waals surface area contributed by atoms with Gasteiger partial charge in [-0.15, -0.1) is 0 Å². The monoisotopic (exact) mass is 828 g/mol. The Kier molecular flexibility index (Phi) is 45.1. The van der Waals surface area contributed by atoms with Gasteiger partial charge in [0.1, 0.15) is 6.10 Å². The smallest absolute Gasteiger partial charge is 0.306 e. The highest BCUT2D eigenvalue weighted by atomic mass is 16.5. The zero-order valence-corrected chi connectivity index (χ0v) is 39.1. The number of allylic oxidation sites excluding steroid dienone is 8. The van der Waals surface area contributed by atoms with Gasteiger partial charge in [0.05, 0.1) is 25.2 Å². The number of unbranched alkanes of at least 4 members (excludes halogenated alkanes) is 27. The standard InChI is InChI=1S/C53H97NO5/c1-4-7-10-13-16-19-22-24-26-27-30-33-36-39-42-45-51(56)50(48-55)54-52(57)47-49(44-41-38-35-32-29-21-18-15-12-9-6-3)59-53(58)46-43-40-37-34-31-28-25-23-20-17-14-11-8-5-2/h9,12,15,18,21,28-29,31,49-51,55-56H,4-8,10-11,13-14,16-17,19-20,22-27,30,32-48H2,1-3H3,(H,54,57)/b12-9+,18-15+,29-21-,31-28-. The van der Waals surface area contributed by atoms with Crippen LogP contribution in [-0.2, 0) is 14.3 Å². The zero-order valence-electron chi connectivity index (χ0n) is 39.1. The summed E-state index contributed by atoms with van der Waals surface area (Å²) in [7, 11) is 0. The highest BCUT2D eigenvalue weighted by Gasteiger charge is 2.24. The number of hydrogen-bond acceptors (Lipinski definition) is 5. The van der Waals surface area contributed by atoms with Crippen molar-refractivity contribution < 1.29 is 24.5 Å². The van der Waals surface area contributed by atoms with E-state index < -0.39 is 18.2 Å². The SMILES string of the molecule is CC/C=C/C=C/C=C\CCCCCC(CC(=O)NC(CO)C(O)CCCCCCCCCCCCCCCCC)OC(=O)CCCCC/C=C\CCCCCCCCC. The molecule has 3 unspecified atom stereocenters. The Balaban J connectivity index is 4.56. The molecule has 6 heteroatoms. The second-order valence-corrected chi connectivity index (χ2v) is 17.2. The Hall–Kier alpha value is -2.18. The molecule has 0 fully saturated rings. The molecular weight excluding hydrogens is 731 g/mol. The lowest BCUT2D eigenvalue weighted by Crippen LogP contribution is -2.46. The number of aliphatic hydroxyl groups is 2. The van der Waals surface area contributed by atoms with Gasteiger partial charge in [0.15, 0.2) is 0 Å². The van der Waals surface area contributed by atoms with Gasteiger partial charge in [-0.25, -0.2) is 0 Å². The molecule has 0 heterocycles. The Labute approximate surface area is 366 Å². The quantitative estimate of drug-likeness (QED) is 0.0246. The molecule has 0 bridgehead atoms. The highest BCUT2D eigenvalue weighted by molar-refractivity contribution is 5.77. The van der Waals surface area contributed by atoms with E-state index >= 15 is 0 Å². The predicted molar refractivity (Wildman–Crippen MR) is 255 cm³/mol. The third kappa shape index (κ3) is 42.3. The van der Waals surface area contributed by atoms with Gasteiger partial charge >= 0.3 is 5.97 Å². The number of carbonyl (C=O) groups is 2. The van der Waals surface area contributed by atoms with Crippen molar-refractivity contribution in [3.8, 4) is 0 Å². The number of amides is 1. The molecule has 0 aromatic rings. The summed E-state index contributed by atoms with van der Waals surface area (Å²) < 4.78 is 5.89. The minimum absolute atomic E-state index is 0.0490. The first-order valence-electron chi connectivity index (χ1n) is 25.4. The average Bonchev–Trinajstić information content (AvgIpc) is 3.23. The molecule has 3 atom stereocenters. The molecule has 0 saturated carbocycles. The van der Waals surface area contributed by atoms with Gasteiger partial charge in [-0.05, 0) is 70.6 Å². The van der Waals surface area contributed by atoms with Crippen LogP contribution in [0.4, 0.5) is 0 Å². The van der Waals surface area contributed by atoms with Crippen LogP contribution in [0.15, 0.2) is 48.6 Å². The van der Waals surface area contributed by atoms with Gasteiger partial charge in [0.25, 0.3) is 0 Å². The largest absolute Gasteiger partial charge is 0.462 e. The normalized spacial score (nSPS) is 13.6. The molecule has 0 aliphatic carbocycles. The van der Waals surface area contributed by atoms with E-state index in [0.717, 1.165) is 83.5 Å². The molecule has 0 aromatic carbocycles. The lowest BCUT2D eigenvalue weighted by atomic mass is 10.0. The first kappa shape index (κ1) is 56.8. The third-order valence-corrected chi connectivity index (χ3v) is 11.5. The van der Waals surface area contributed by atoms with Crippen LogP contribution in [0.3, 0.4) is 0 Å². The molecule has 59 heavy (non-hydrogen) atoms. The number of nitrogens with one attached hydrogen (secondary N) is 1. The first-order valence-corrected chi connectivity index (χ1v) is 25.4. The molecule has 0 aliphatic rings. The minimum Gasteiger partial charge on any atom is -0.462 e. The van der Waals surface area contributed by atoms with E-state index in [1.165, 1.54) is 122 Å². The lowest BCUT2D eigenvalue weighted by Gasteiger charge is -2.24. The van der Waals surface area contributed by atoms with E-state index in [9.17, 15) is 19.8 Å². The van der Waals surface area contributed by atoms with Gasteiger partial charge < -0.3 is 20.3 Å². The molecule has 0 saturated heterocycles. The molecule has 0 spiro atoms. The Morgan fingerprint density at radius 2 is 0.932 bits per heavy atom. The third-order valence-electron chi connectivity index (χ3n) is 11.5. The average molecular weight is 828 g/mol. The summed E-state index contributed by atoms with van der Waals surface area (Å²) in [5.74, 6) is -0.524. The van der Waals surface area contributed by atoms with Crippen molar-refractivity contribution in [3.63, 3.8) is 0 Å². The Morgan fingerprint density at radius 1 is 0.508 bits per heavy atom. The topological polar surface area (TPSA) is 95.9 Å². The van der Waals surface area contributed by atoms with Crippen molar-refractivity contribution >= 4 is 11.9 Å². The molecule has 0 rings (SSSR count). The van der Waals surface area contributed by atoms with Crippen molar-refractivity contribution in [1.29, 1.82) is 0 Å². The second kappa shape index (κ2) is 46.9. The summed E-state index contributed by atoms with van der Waals surface area (Å²) in [6, 6.07) is -0.714. The number of hydrogen-bond donors (Lipinski definition) is 3. The molecule has 1 amide bonds. The van der Waals surface area contributed by atoms with Crippen LogP contribution in [0, 0.1) is 0 Å². The van der Waals surface area contributed by atoms with Crippen molar-refractivity contribution in [3.05, 3.63) is 48.6 Å². The van der Waals surface area contributed by atoms with Crippen LogP contribution in [0.25, 0.3) is 0 Å². The van der Waals surface area contributed by atoms with E-state index in [-0.39, 0.29) is 24.9 Å². The van der Waals surface area contributed by atoms with Gasteiger partial charge in [0.2, 0.25) is 5.91 Å². The highest BCUT2D eigenvalue weighted by Crippen LogP contribution is 2.17. The maximum Gasteiger partial charge on any atom is 0.306 e. The van der Waals surface area contributed by atoms with Gasteiger partial charge in [-0.3, -0.25) is 9.59 Å². The van der Waals surface area contributed by atoms with E-state index in [1.807, 2.05) is 12.2 Å². The lowest BCUT2D eigenvalue weighted by molar-refractivity contribution is -0.151. The summed E-state index contributed by atoms with van der Waals surface area (Å²) in [6.07, 6.45) is 56.0. The number of esters is 1. The molecular formula is C53H97NO5. The van der Waals surface area contributed by atoms with Crippen LogP contribution in [0.1, 0.15) is 252 Å². The van der Waals surface area contributed by atoms with E-state index in [1.54, 1.807) is 0 Å². The van der Waals surface area contributed by atoms with E-state index in [4.69, 9.17) is 4.74 Å². The van der Waals surface area contributed by atoms with Crippen molar-refractivity contribution in [1.82, 2.24) is 5.32 Å². The molecule has 344 valence electrons. The summed E-state index contributed by atoms with van der Waals surface area (Å²) in [6.45, 7) is 6.34. The van der Waals surface area contributed by atoms with Crippen molar-refractivity contribution in [2.24, 2.45) is 0 Å². The number of ether oxygens (including phenoxy) is 1. The second-order valence-electron chi connectivity index (χ2n) is 17.2. The van der Waals surface area contributed by atoms with Crippen molar-refractivity contribution in [2.45, 2.75) is 270 Å². The number of rotatable bonds is 45. The Morgan fingerprint density at radius 3 is 1.44 bits per heavy atom. The fourth-order valence-electron chi connectivity index (χ4n) is 7.60. The molecule has 0 radical (unpaired) electrons. The van der Waals surface area contributed by atoms with Gasteiger partial charge in [-0.2, -0.15) is 0 Å². The Bertz CT molecular complexity index is 1020. The predicted octanol–water partition coefficient (Wildman–Crippen LogP) is 15.1. The number of aliphatic hydroxyl groups excluding tert-OH is 2. The van der Waals surface area contributed by atoms with Crippen LogP contribution in [0.5, 0.6) is 0 Å². The summed E-state index contributed by atoms with van der Waals surface area (Å²) in [4.78, 5) is 26.1. The fraction of sp³-hybridized carbons (Fsp3) is 0.811. The van der Waals surface area contributed by atoms with Gasteiger partial charge in [0, 0.05) is 6.42 Å². The maximum absolute atomic E-state index is 13.2. The molecule has 3 N–H and O–H groups in total.